The molecule has 0 aliphatic carbocycles. The molecule has 1 heterocycles. The number of halogens is 3. The Morgan fingerprint density at radius 2 is 1.85 bits per heavy atom. The lowest BCUT2D eigenvalue weighted by Gasteiger charge is -2.00. The standard InChI is InChI=1S/C9H5Cl3O/c1-4-3-13-6-2-5(10)8(11)9(12)7(4)6/h2-3H,1H3. The number of furan rings is 1. The molecule has 1 nitrogen and oxygen atoms in total. The van der Waals surface area contributed by atoms with Gasteiger partial charge in [-0.2, -0.15) is 0 Å². The Kier molecular flexibility index (Phi) is 2.18. The molecule has 1 aromatic heterocycles. The largest absolute Gasteiger partial charge is 0.464 e. The Labute approximate surface area is 90.2 Å². The summed E-state index contributed by atoms with van der Waals surface area (Å²) in [6.07, 6.45) is 1.63. The van der Waals surface area contributed by atoms with Gasteiger partial charge in [0.25, 0.3) is 0 Å². The van der Waals surface area contributed by atoms with Crippen molar-refractivity contribution in [2.45, 2.75) is 6.92 Å². The zero-order valence-electron chi connectivity index (χ0n) is 6.70. The van der Waals surface area contributed by atoms with E-state index >= 15 is 0 Å². The third-order valence-electron chi connectivity index (χ3n) is 1.88. The zero-order valence-corrected chi connectivity index (χ0v) is 8.96. The number of fused-ring (bicyclic) bond motifs is 1. The lowest BCUT2D eigenvalue weighted by Crippen LogP contribution is -1.75. The zero-order chi connectivity index (χ0) is 9.59. The molecule has 0 aliphatic rings. The molecule has 0 aliphatic heterocycles. The number of aryl methyl sites for hydroxylation is 1. The molecule has 0 spiro atoms. The van der Waals surface area contributed by atoms with Gasteiger partial charge in [-0.25, -0.2) is 0 Å². The Morgan fingerprint density at radius 3 is 2.54 bits per heavy atom. The van der Waals surface area contributed by atoms with Crippen LogP contribution < -0.4 is 0 Å². The summed E-state index contributed by atoms with van der Waals surface area (Å²) in [6.45, 7) is 1.90. The summed E-state index contributed by atoms with van der Waals surface area (Å²) in [7, 11) is 0. The van der Waals surface area contributed by atoms with E-state index in [1.165, 1.54) is 0 Å². The average molecular weight is 235 g/mol. The van der Waals surface area contributed by atoms with Crippen molar-refractivity contribution in [3.63, 3.8) is 0 Å². The Morgan fingerprint density at radius 1 is 1.15 bits per heavy atom. The van der Waals surface area contributed by atoms with Crippen LogP contribution in [-0.4, -0.2) is 0 Å². The first-order valence-electron chi connectivity index (χ1n) is 3.62. The summed E-state index contributed by atoms with van der Waals surface area (Å²) < 4.78 is 5.24. The highest BCUT2D eigenvalue weighted by molar-refractivity contribution is 6.50. The van der Waals surface area contributed by atoms with Crippen LogP contribution in [-0.2, 0) is 0 Å². The topological polar surface area (TPSA) is 13.1 Å². The fourth-order valence-electron chi connectivity index (χ4n) is 1.24. The summed E-state index contributed by atoms with van der Waals surface area (Å²) in [5.41, 5.74) is 1.62. The van der Waals surface area contributed by atoms with Crippen LogP contribution in [0.15, 0.2) is 16.7 Å². The molecule has 2 aromatic rings. The van der Waals surface area contributed by atoms with Crippen molar-refractivity contribution in [2.24, 2.45) is 0 Å². The maximum atomic E-state index is 6.00. The molecule has 0 atom stereocenters. The minimum atomic E-state index is 0.375. The van der Waals surface area contributed by atoms with Crippen molar-refractivity contribution < 1.29 is 4.42 Å². The highest BCUT2D eigenvalue weighted by Gasteiger charge is 2.12. The van der Waals surface area contributed by atoms with Gasteiger partial charge in [0.1, 0.15) is 5.58 Å². The van der Waals surface area contributed by atoms with Crippen LogP contribution in [0.4, 0.5) is 0 Å². The van der Waals surface area contributed by atoms with Gasteiger partial charge in [-0.3, -0.25) is 0 Å². The summed E-state index contributed by atoms with van der Waals surface area (Å²) in [5.74, 6) is 0. The molecule has 0 unspecified atom stereocenters. The average Bonchev–Trinajstić information content (AvgIpc) is 2.43. The smallest absolute Gasteiger partial charge is 0.137 e. The van der Waals surface area contributed by atoms with Crippen LogP contribution in [0.3, 0.4) is 0 Å². The van der Waals surface area contributed by atoms with Gasteiger partial charge in [-0.1, -0.05) is 34.8 Å². The van der Waals surface area contributed by atoms with Gasteiger partial charge in [0, 0.05) is 11.5 Å². The first-order chi connectivity index (χ1) is 6.11. The van der Waals surface area contributed by atoms with Gasteiger partial charge in [0.2, 0.25) is 0 Å². The second-order valence-electron chi connectivity index (χ2n) is 2.78. The third kappa shape index (κ3) is 1.32. The quantitative estimate of drug-likeness (QED) is 0.603. The predicted octanol–water partition coefficient (Wildman–Crippen LogP) is 4.70. The summed E-state index contributed by atoms with van der Waals surface area (Å²) in [4.78, 5) is 0. The van der Waals surface area contributed by atoms with E-state index in [1.54, 1.807) is 12.3 Å². The molecule has 0 N–H and O–H groups in total. The van der Waals surface area contributed by atoms with Crippen molar-refractivity contribution in [1.29, 1.82) is 0 Å². The molecular weight excluding hydrogens is 230 g/mol. The first-order valence-corrected chi connectivity index (χ1v) is 4.76. The molecule has 0 fully saturated rings. The monoisotopic (exact) mass is 234 g/mol. The molecule has 0 amide bonds. The van der Waals surface area contributed by atoms with Crippen molar-refractivity contribution in [1.82, 2.24) is 0 Å². The highest BCUT2D eigenvalue weighted by Crippen LogP contribution is 2.38. The van der Waals surface area contributed by atoms with Crippen LogP contribution in [0, 0.1) is 6.92 Å². The van der Waals surface area contributed by atoms with Gasteiger partial charge >= 0.3 is 0 Å². The van der Waals surface area contributed by atoms with E-state index in [9.17, 15) is 0 Å². The fourth-order valence-corrected chi connectivity index (χ4v) is 1.98. The third-order valence-corrected chi connectivity index (χ3v) is 3.15. The molecular formula is C9H5Cl3O. The summed E-state index contributed by atoms with van der Waals surface area (Å²) >= 11 is 17.7. The molecule has 0 radical (unpaired) electrons. The second kappa shape index (κ2) is 3.09. The first kappa shape index (κ1) is 9.20. The number of rotatable bonds is 0. The van der Waals surface area contributed by atoms with E-state index in [-0.39, 0.29) is 0 Å². The molecule has 1 aromatic carbocycles. The van der Waals surface area contributed by atoms with E-state index in [4.69, 9.17) is 39.2 Å². The fraction of sp³-hybridized carbons (Fsp3) is 0.111. The van der Waals surface area contributed by atoms with Crippen LogP contribution in [0.1, 0.15) is 5.56 Å². The molecule has 68 valence electrons. The molecule has 0 saturated carbocycles. The maximum absolute atomic E-state index is 6.00. The lowest BCUT2D eigenvalue weighted by molar-refractivity contribution is 0.613. The molecule has 2 rings (SSSR count). The molecule has 0 bridgehead atoms. The predicted molar refractivity (Wildman–Crippen MR) is 56.0 cm³/mol. The minimum absolute atomic E-state index is 0.375. The Bertz CT molecular complexity index is 473. The van der Waals surface area contributed by atoms with Crippen molar-refractivity contribution >= 4 is 45.8 Å². The van der Waals surface area contributed by atoms with Crippen LogP contribution in [0.5, 0.6) is 0 Å². The van der Waals surface area contributed by atoms with Crippen molar-refractivity contribution in [3.8, 4) is 0 Å². The molecule has 13 heavy (non-hydrogen) atoms. The van der Waals surface area contributed by atoms with E-state index in [0.29, 0.717) is 20.7 Å². The number of hydrogen-bond donors (Lipinski definition) is 0. The normalized spacial score (nSPS) is 11.1. The van der Waals surface area contributed by atoms with Crippen LogP contribution >= 0.6 is 34.8 Å². The molecule has 4 heteroatoms. The van der Waals surface area contributed by atoms with Gasteiger partial charge in [-0.05, 0) is 12.5 Å². The SMILES string of the molecule is Cc1coc2cc(Cl)c(Cl)c(Cl)c12. The van der Waals surface area contributed by atoms with Gasteiger partial charge in [-0.15, -0.1) is 0 Å². The summed E-state index contributed by atoms with van der Waals surface area (Å²) in [5, 5.41) is 2.07. The Hall–Kier alpha value is -0.370. The second-order valence-corrected chi connectivity index (χ2v) is 3.94. The van der Waals surface area contributed by atoms with Crippen LogP contribution in [0.2, 0.25) is 15.1 Å². The van der Waals surface area contributed by atoms with Crippen molar-refractivity contribution in [2.75, 3.05) is 0 Å². The van der Waals surface area contributed by atoms with E-state index < -0.39 is 0 Å². The van der Waals surface area contributed by atoms with Crippen molar-refractivity contribution in [3.05, 3.63) is 33.0 Å². The van der Waals surface area contributed by atoms with E-state index in [0.717, 1.165) is 10.9 Å². The highest BCUT2D eigenvalue weighted by atomic mass is 35.5. The molecule has 0 saturated heterocycles. The maximum Gasteiger partial charge on any atom is 0.137 e. The lowest BCUT2D eigenvalue weighted by atomic mass is 10.2. The van der Waals surface area contributed by atoms with Gasteiger partial charge < -0.3 is 4.42 Å². The number of benzene rings is 1. The Balaban J connectivity index is 2.97. The van der Waals surface area contributed by atoms with Crippen LogP contribution in [0.25, 0.3) is 11.0 Å². The van der Waals surface area contributed by atoms with Gasteiger partial charge in [0.05, 0.1) is 21.3 Å². The van der Waals surface area contributed by atoms with Gasteiger partial charge in [0.15, 0.2) is 0 Å². The van der Waals surface area contributed by atoms with E-state index in [1.807, 2.05) is 6.92 Å². The number of hydrogen-bond acceptors (Lipinski definition) is 1. The summed E-state index contributed by atoms with van der Waals surface area (Å²) in [6, 6.07) is 1.66. The van der Waals surface area contributed by atoms with E-state index in [2.05, 4.69) is 0 Å². The minimum Gasteiger partial charge on any atom is -0.464 e.